The number of benzene rings is 3. The third kappa shape index (κ3) is 10.1. The number of methoxy groups -OCH3 is 1. The van der Waals surface area contributed by atoms with Crippen LogP contribution >= 0.6 is 0 Å². The lowest BCUT2D eigenvalue weighted by atomic mass is 9.63. The van der Waals surface area contributed by atoms with E-state index < -0.39 is 29.6 Å². The zero-order valence-corrected chi connectivity index (χ0v) is 37.2. The van der Waals surface area contributed by atoms with E-state index in [4.69, 9.17) is 10.5 Å². The zero-order valence-electron chi connectivity index (χ0n) is 37.2. The molecular weight excluding hydrogens is 807 g/mol. The summed E-state index contributed by atoms with van der Waals surface area (Å²) in [6.07, 6.45) is 8.55. The molecule has 8 rings (SSSR count). The van der Waals surface area contributed by atoms with Gasteiger partial charge in [-0.15, -0.1) is 0 Å². The summed E-state index contributed by atoms with van der Waals surface area (Å²) < 4.78 is 5.49. The van der Waals surface area contributed by atoms with Crippen LogP contribution < -0.4 is 21.1 Å². The number of phenolic OH excluding ortho intramolecular Hbond substituents is 1. The smallest absolute Gasteiger partial charge is 0.160 e. The molecule has 0 unspecified atom stereocenters. The van der Waals surface area contributed by atoms with Gasteiger partial charge in [-0.05, 0) is 152 Å². The average Bonchev–Trinajstić information content (AvgIpc) is 3.34. The number of allylic oxidation sites excluding steroid dienone is 2. The number of nitrogens with two attached hydrogens (primary N) is 1. The summed E-state index contributed by atoms with van der Waals surface area (Å²) >= 11 is 0. The van der Waals surface area contributed by atoms with Crippen LogP contribution in [0.25, 0.3) is 10.8 Å². The number of aliphatic hydroxyl groups is 4. The Hall–Kier alpha value is -4.70. The topological polar surface area (TPSA) is 195 Å². The molecule has 9 N–H and O–H groups in total. The monoisotopic (exact) mass is 873 g/mol. The Kier molecular flexibility index (Phi) is 14.5. The number of aromatic hydroxyl groups is 1. The molecule has 3 aliphatic carbocycles. The molecule has 1 saturated heterocycles. The van der Waals surface area contributed by atoms with E-state index in [1.54, 1.807) is 12.1 Å². The molecule has 2 aliphatic heterocycles. The minimum Gasteiger partial charge on any atom is -0.504 e. The number of carbonyl (C=O) groups excluding carboxylic acids is 2. The number of aliphatic hydroxyl groups excluding tert-OH is 4. The molecule has 64 heavy (non-hydrogen) atoms. The summed E-state index contributed by atoms with van der Waals surface area (Å²) in [5.74, 6) is 8.13. The fourth-order valence-corrected chi connectivity index (χ4v) is 11.8. The van der Waals surface area contributed by atoms with E-state index in [1.807, 2.05) is 18.2 Å². The molecule has 0 amide bonds. The van der Waals surface area contributed by atoms with Gasteiger partial charge in [0.15, 0.2) is 17.3 Å². The lowest BCUT2D eigenvalue weighted by Crippen LogP contribution is -2.50. The van der Waals surface area contributed by atoms with Crippen molar-refractivity contribution in [2.45, 2.75) is 126 Å². The van der Waals surface area contributed by atoms with E-state index >= 15 is 0 Å². The number of piperidine rings is 1. The Morgan fingerprint density at radius 2 is 1.81 bits per heavy atom. The van der Waals surface area contributed by atoms with Gasteiger partial charge in [-0.3, -0.25) is 9.59 Å². The highest BCUT2D eigenvalue weighted by atomic mass is 16.5. The van der Waals surface area contributed by atoms with Gasteiger partial charge in [0.2, 0.25) is 0 Å². The van der Waals surface area contributed by atoms with Gasteiger partial charge in [-0.1, -0.05) is 60.4 Å². The van der Waals surface area contributed by atoms with E-state index in [1.165, 1.54) is 7.11 Å². The predicted molar refractivity (Wildman–Crippen MR) is 247 cm³/mol. The number of ether oxygens (including phenoxy) is 1. The molecule has 5 aliphatic rings. The molecular formula is C53H67N3O8. The van der Waals surface area contributed by atoms with Crippen LogP contribution in [0.4, 0.5) is 0 Å². The van der Waals surface area contributed by atoms with Gasteiger partial charge >= 0.3 is 0 Å². The zero-order chi connectivity index (χ0) is 45.0. The SMILES string of the molecule is COc1cc2c(cc1O)[C@@H](C[C@H](O)[C@H](O)C[C@H](C1=CCNC(N)=C1)c1ccc3ccccc3c1)C#C[C@@]1(CC[C@H](C[C@H](CCCO)[C@@H]3CN[C@@H]4CC(=O)CC[C@@H]4C3)C[C@H]1O)C(=O)CC2. The molecule has 3 aromatic carbocycles. The highest BCUT2D eigenvalue weighted by Gasteiger charge is 2.48. The maximum atomic E-state index is 14.4. The Morgan fingerprint density at radius 3 is 2.59 bits per heavy atom. The van der Waals surface area contributed by atoms with Crippen molar-refractivity contribution in [1.82, 2.24) is 10.6 Å². The third-order valence-electron chi connectivity index (χ3n) is 15.5. The van der Waals surface area contributed by atoms with Crippen molar-refractivity contribution < 1.29 is 39.9 Å². The number of nitrogens with one attached hydrogen (secondary N) is 2. The average molecular weight is 874 g/mol. The molecule has 342 valence electrons. The molecule has 2 saturated carbocycles. The number of hydrogen-bond acceptors (Lipinski definition) is 11. The first-order valence-corrected chi connectivity index (χ1v) is 23.7. The Balaban J connectivity index is 1.03. The summed E-state index contributed by atoms with van der Waals surface area (Å²) in [4.78, 5) is 26.6. The van der Waals surface area contributed by atoms with E-state index in [9.17, 15) is 35.1 Å². The molecule has 11 atom stereocenters. The second-order valence-corrected chi connectivity index (χ2v) is 19.5. The first-order valence-electron chi connectivity index (χ1n) is 23.7. The van der Waals surface area contributed by atoms with E-state index in [0.29, 0.717) is 80.0 Å². The second-order valence-electron chi connectivity index (χ2n) is 19.5. The molecule has 11 heteroatoms. The summed E-state index contributed by atoms with van der Waals surface area (Å²) in [7, 11) is 1.48. The van der Waals surface area contributed by atoms with E-state index in [-0.39, 0.29) is 61.0 Å². The third-order valence-corrected chi connectivity index (χ3v) is 15.5. The maximum Gasteiger partial charge on any atom is 0.160 e. The molecule has 3 fully saturated rings. The van der Waals surface area contributed by atoms with Crippen molar-refractivity contribution in [3.05, 3.63) is 94.8 Å². The van der Waals surface area contributed by atoms with Crippen molar-refractivity contribution in [2.75, 3.05) is 26.8 Å². The van der Waals surface area contributed by atoms with Crippen LogP contribution in [-0.2, 0) is 16.0 Å². The second kappa shape index (κ2) is 20.2. The highest BCUT2D eigenvalue weighted by Crippen LogP contribution is 2.47. The van der Waals surface area contributed by atoms with Crippen molar-refractivity contribution in [1.29, 1.82) is 0 Å². The van der Waals surface area contributed by atoms with Crippen molar-refractivity contribution in [2.24, 2.45) is 34.8 Å². The largest absolute Gasteiger partial charge is 0.504 e. The minimum atomic E-state index is -1.30. The summed E-state index contributed by atoms with van der Waals surface area (Å²) in [6, 6.07) is 18.0. The first-order chi connectivity index (χ1) is 30.9. The molecule has 0 aromatic heterocycles. The Bertz CT molecular complexity index is 2300. The van der Waals surface area contributed by atoms with Gasteiger partial charge in [0.1, 0.15) is 11.2 Å². The molecule has 0 radical (unpaired) electrons. The number of carbonyl (C=O) groups is 2. The van der Waals surface area contributed by atoms with Gasteiger partial charge < -0.3 is 46.6 Å². The standard InChI is InChI=1S/C53H67N3O8/c1-64-49-26-37-11-13-50(62)53(17-14-32(22-51(53)63)21-34(7-4-20-57)41-24-40-10-12-42(58)28-45(40)56-31-41)18-15-38(44(37)30-48(49)61)25-46(59)47(60)29-43(39-16-19-55-52(54)27-39)36-9-8-33-5-2-3-6-35(33)23-36/h2-3,5-6,8-9,16,23,26-27,30,32,34,38,40-41,43,45-47,51,55-57,59-61,63H,4,7,10-14,17,19-22,24-25,28-29,31,54H2,1H3/t32-,34+,38-,40-,41+,43+,45-,46+,47-,51-,53+/m1/s1. The van der Waals surface area contributed by atoms with Crippen LogP contribution in [0.2, 0.25) is 0 Å². The molecule has 11 nitrogen and oxygen atoms in total. The molecule has 0 bridgehead atoms. The van der Waals surface area contributed by atoms with Crippen LogP contribution in [0, 0.1) is 40.9 Å². The number of phenols is 1. The fourth-order valence-electron chi connectivity index (χ4n) is 11.8. The highest BCUT2D eigenvalue weighted by molar-refractivity contribution is 5.89. The molecule has 3 aromatic rings. The van der Waals surface area contributed by atoms with Crippen LogP contribution in [0.5, 0.6) is 11.5 Å². The van der Waals surface area contributed by atoms with Crippen molar-refractivity contribution in [3.8, 4) is 23.3 Å². The van der Waals surface area contributed by atoms with Crippen LogP contribution in [-0.4, -0.2) is 88.3 Å². The fraction of sp³-hybridized carbons (Fsp3) is 0.547. The van der Waals surface area contributed by atoms with Crippen molar-refractivity contribution in [3.63, 3.8) is 0 Å². The maximum absolute atomic E-state index is 14.4. The van der Waals surface area contributed by atoms with Crippen LogP contribution in [0.3, 0.4) is 0 Å². The van der Waals surface area contributed by atoms with Gasteiger partial charge in [-0.2, -0.15) is 0 Å². The number of dihydropyridines is 1. The van der Waals surface area contributed by atoms with Gasteiger partial charge in [0, 0.05) is 50.3 Å². The number of aryl methyl sites for hydroxylation is 1. The lowest BCUT2D eigenvalue weighted by Gasteiger charge is -2.44. The van der Waals surface area contributed by atoms with Crippen LogP contribution in [0.1, 0.15) is 112 Å². The van der Waals surface area contributed by atoms with Crippen LogP contribution in [0.15, 0.2) is 78.1 Å². The molecule has 2 heterocycles. The van der Waals surface area contributed by atoms with Gasteiger partial charge in [0.25, 0.3) is 0 Å². The number of rotatable bonds is 14. The summed E-state index contributed by atoms with van der Waals surface area (Å²) in [5.41, 5.74) is 8.29. The lowest BCUT2D eigenvalue weighted by molar-refractivity contribution is -0.134. The predicted octanol–water partition coefficient (Wildman–Crippen LogP) is 6.05. The van der Waals surface area contributed by atoms with Gasteiger partial charge in [0.05, 0.1) is 31.2 Å². The molecule has 1 spiro atoms. The van der Waals surface area contributed by atoms with E-state index in [2.05, 4.69) is 58.9 Å². The normalized spacial score (nSPS) is 29.0. The van der Waals surface area contributed by atoms with Crippen molar-refractivity contribution >= 4 is 22.3 Å². The Morgan fingerprint density at radius 1 is 0.984 bits per heavy atom. The summed E-state index contributed by atoms with van der Waals surface area (Å²) in [5, 5.41) is 65.9. The first kappa shape index (κ1) is 45.9. The van der Waals surface area contributed by atoms with Gasteiger partial charge in [-0.25, -0.2) is 0 Å². The number of ketones is 2. The quantitative estimate of drug-likeness (QED) is 0.0880. The summed E-state index contributed by atoms with van der Waals surface area (Å²) in [6.45, 7) is 1.52. The van der Waals surface area contributed by atoms with E-state index in [0.717, 1.165) is 66.1 Å². The minimum absolute atomic E-state index is 0.0247. The Labute approximate surface area is 377 Å². The number of Topliss-reactive ketones (excluding diaryl/α,β-unsaturated/α-hetero) is 2. The number of fused-ring (bicyclic) bond motifs is 3. The number of hydrogen-bond donors (Lipinski definition) is 8.